The zero-order valence-corrected chi connectivity index (χ0v) is 19.8. The summed E-state index contributed by atoms with van der Waals surface area (Å²) in [5.41, 5.74) is 6.25. The minimum Gasteiger partial charge on any atom is -0.496 e. The Kier molecular flexibility index (Phi) is 6.46. The summed E-state index contributed by atoms with van der Waals surface area (Å²) < 4.78 is 12.4. The van der Waals surface area contributed by atoms with E-state index in [1.165, 1.54) is 0 Å². The molecule has 0 aliphatic carbocycles. The molecule has 1 N–H and O–H groups in total. The Morgan fingerprint density at radius 1 is 0.886 bits per heavy atom. The Labute approximate surface area is 204 Å². The number of hydrogen-bond donors (Lipinski definition) is 1. The highest BCUT2D eigenvalue weighted by molar-refractivity contribution is 5.60. The molecule has 5 rings (SSSR count). The molecule has 35 heavy (non-hydrogen) atoms. The predicted molar refractivity (Wildman–Crippen MR) is 137 cm³/mol. The van der Waals surface area contributed by atoms with Crippen molar-refractivity contribution in [1.29, 1.82) is 0 Å². The first-order chi connectivity index (χ1) is 17.2. The minimum absolute atomic E-state index is 0.107. The van der Waals surface area contributed by atoms with Crippen LogP contribution in [0.25, 0.3) is 17.1 Å². The number of nitrogens with one attached hydrogen (secondary N) is 1. The van der Waals surface area contributed by atoms with Crippen molar-refractivity contribution in [3.63, 3.8) is 0 Å². The van der Waals surface area contributed by atoms with E-state index in [1.54, 1.807) is 18.8 Å². The lowest BCUT2D eigenvalue weighted by atomic mass is 10.1. The van der Waals surface area contributed by atoms with Crippen LogP contribution in [0, 0.1) is 0 Å². The number of hydrogen-bond acceptors (Lipinski definition) is 4. The molecule has 0 atom stereocenters. The lowest BCUT2D eigenvalue weighted by Crippen LogP contribution is -2.18. The molecule has 0 spiro atoms. The van der Waals surface area contributed by atoms with Gasteiger partial charge in [-0.05, 0) is 28.8 Å². The molecular weight excluding hydrogens is 438 g/mol. The number of aromatic nitrogens is 3. The van der Waals surface area contributed by atoms with Crippen LogP contribution in [0.1, 0.15) is 28.1 Å². The summed E-state index contributed by atoms with van der Waals surface area (Å²) in [7, 11) is 3.29. The van der Waals surface area contributed by atoms with Crippen molar-refractivity contribution in [3.8, 4) is 22.8 Å². The van der Waals surface area contributed by atoms with Gasteiger partial charge in [-0.3, -0.25) is 9.36 Å². The average molecular weight is 466 g/mol. The molecule has 2 heterocycles. The van der Waals surface area contributed by atoms with Gasteiger partial charge in [0, 0.05) is 31.7 Å². The second-order valence-corrected chi connectivity index (χ2v) is 8.49. The van der Waals surface area contributed by atoms with Crippen molar-refractivity contribution in [3.05, 3.63) is 123 Å². The molecule has 6 heteroatoms. The van der Waals surface area contributed by atoms with Crippen molar-refractivity contribution >= 4 is 0 Å². The number of nitrogens with zero attached hydrogens (tertiary/aromatic N) is 2. The van der Waals surface area contributed by atoms with Crippen LogP contribution in [0.5, 0.6) is 5.75 Å². The standard InChI is InChI=1S/C29H27N3O3/c1-34-19-23-15-21(13-14-27(23)35-2)17-25-29(33)32-18-26(22-11-7-4-8-12-22)30-24(28(32)31-25)16-20-9-5-3-6-10-20/h3-15,18,30H,16-17,19H2,1-2H3. The molecule has 3 aromatic rings. The van der Waals surface area contributed by atoms with Crippen LogP contribution in [0.15, 0.2) is 89.9 Å². The van der Waals surface area contributed by atoms with E-state index in [0.29, 0.717) is 31.0 Å². The maximum atomic E-state index is 13.5. The molecule has 0 saturated carbocycles. The Hall–Kier alpha value is -4.16. The third-order valence-corrected chi connectivity index (χ3v) is 6.07. The van der Waals surface area contributed by atoms with Gasteiger partial charge in [0.25, 0.3) is 5.56 Å². The van der Waals surface area contributed by atoms with E-state index < -0.39 is 0 Å². The van der Waals surface area contributed by atoms with Crippen molar-refractivity contribution in [2.24, 2.45) is 0 Å². The largest absolute Gasteiger partial charge is 0.496 e. The van der Waals surface area contributed by atoms with Crippen LogP contribution in [0.3, 0.4) is 0 Å². The highest BCUT2D eigenvalue weighted by Gasteiger charge is 2.21. The van der Waals surface area contributed by atoms with Gasteiger partial charge in [0.05, 0.1) is 25.1 Å². The Bertz CT molecular complexity index is 1460. The first kappa shape index (κ1) is 22.6. The van der Waals surface area contributed by atoms with Gasteiger partial charge in [-0.1, -0.05) is 66.7 Å². The molecular formula is C29H27N3O3. The summed E-state index contributed by atoms with van der Waals surface area (Å²) in [6.07, 6.45) is 2.91. The first-order valence-corrected chi connectivity index (χ1v) is 11.5. The van der Waals surface area contributed by atoms with Crippen molar-refractivity contribution < 1.29 is 9.47 Å². The monoisotopic (exact) mass is 465 g/mol. The highest BCUT2D eigenvalue weighted by atomic mass is 16.5. The molecule has 0 unspecified atom stereocenters. The second kappa shape index (κ2) is 9.99. The summed E-state index contributed by atoms with van der Waals surface area (Å²) in [4.78, 5) is 21.8. The SMILES string of the molecule is COCc1cc(Cc2nc3c(Cc4ccccc4)[nH]c(-c4ccccc4)cn-3c2=O)ccc1OC. The topological polar surface area (TPSA) is 69.1 Å². The number of H-pyrrole nitrogens is 1. The maximum absolute atomic E-state index is 13.5. The fourth-order valence-corrected chi connectivity index (χ4v) is 4.38. The molecule has 6 nitrogen and oxygen atoms in total. The second-order valence-electron chi connectivity index (χ2n) is 8.49. The van der Waals surface area contributed by atoms with E-state index in [0.717, 1.165) is 39.4 Å². The lowest BCUT2D eigenvalue weighted by Gasteiger charge is -2.13. The Balaban J connectivity index is 1.59. The van der Waals surface area contributed by atoms with E-state index in [1.807, 2.05) is 72.9 Å². The van der Waals surface area contributed by atoms with E-state index >= 15 is 0 Å². The predicted octanol–water partition coefficient (Wildman–Crippen LogP) is 5.00. The number of aromatic amines is 1. The molecule has 0 radical (unpaired) electrons. The van der Waals surface area contributed by atoms with E-state index in [-0.39, 0.29) is 5.56 Å². The normalized spacial score (nSPS) is 11.1. The van der Waals surface area contributed by atoms with E-state index in [4.69, 9.17) is 14.5 Å². The highest BCUT2D eigenvalue weighted by Crippen LogP contribution is 2.25. The average Bonchev–Trinajstić information content (AvgIpc) is 3.21. The van der Waals surface area contributed by atoms with Gasteiger partial charge < -0.3 is 14.5 Å². The van der Waals surface area contributed by atoms with E-state index in [9.17, 15) is 4.79 Å². The number of rotatable bonds is 8. The number of ether oxygens (including phenoxy) is 2. The molecule has 3 aromatic carbocycles. The third kappa shape index (κ3) is 4.74. The molecule has 0 aromatic heterocycles. The summed E-state index contributed by atoms with van der Waals surface area (Å²) in [5, 5.41) is 0. The zero-order valence-electron chi connectivity index (χ0n) is 19.8. The molecule has 2 aliphatic rings. The first-order valence-electron chi connectivity index (χ1n) is 11.5. The zero-order chi connectivity index (χ0) is 24.2. The van der Waals surface area contributed by atoms with Gasteiger partial charge >= 0.3 is 0 Å². The number of imidazole rings is 1. The van der Waals surface area contributed by atoms with Crippen molar-refractivity contribution in [1.82, 2.24) is 14.5 Å². The number of benzene rings is 3. The van der Waals surface area contributed by atoms with Crippen LogP contribution in [0.4, 0.5) is 0 Å². The van der Waals surface area contributed by atoms with Crippen molar-refractivity contribution in [2.45, 2.75) is 19.4 Å². The van der Waals surface area contributed by atoms with Crippen LogP contribution < -0.4 is 10.3 Å². The summed E-state index contributed by atoms with van der Waals surface area (Å²) in [6.45, 7) is 0.434. The smallest absolute Gasteiger partial charge is 0.278 e. The summed E-state index contributed by atoms with van der Waals surface area (Å²) in [5.74, 6) is 1.42. The Morgan fingerprint density at radius 3 is 2.34 bits per heavy atom. The molecule has 2 aliphatic heterocycles. The van der Waals surface area contributed by atoms with Crippen LogP contribution in [-0.4, -0.2) is 28.8 Å². The Morgan fingerprint density at radius 2 is 1.63 bits per heavy atom. The fourth-order valence-electron chi connectivity index (χ4n) is 4.38. The van der Waals surface area contributed by atoms with Crippen LogP contribution in [-0.2, 0) is 24.2 Å². The van der Waals surface area contributed by atoms with Gasteiger partial charge in [-0.2, -0.15) is 0 Å². The van der Waals surface area contributed by atoms with E-state index in [2.05, 4.69) is 17.1 Å². The number of methoxy groups -OCH3 is 2. The van der Waals surface area contributed by atoms with Gasteiger partial charge in [0.2, 0.25) is 0 Å². The molecule has 0 bridgehead atoms. The molecule has 176 valence electrons. The molecule has 0 saturated heterocycles. The quantitative estimate of drug-likeness (QED) is 0.350. The van der Waals surface area contributed by atoms with Gasteiger partial charge in [0.1, 0.15) is 11.4 Å². The van der Waals surface area contributed by atoms with Gasteiger partial charge in [-0.15, -0.1) is 0 Å². The molecule has 0 fully saturated rings. The van der Waals surface area contributed by atoms with Crippen LogP contribution >= 0.6 is 0 Å². The van der Waals surface area contributed by atoms with Crippen molar-refractivity contribution in [2.75, 3.05) is 14.2 Å². The maximum Gasteiger partial charge on any atom is 0.278 e. The van der Waals surface area contributed by atoms with Gasteiger partial charge in [0.15, 0.2) is 5.82 Å². The lowest BCUT2D eigenvalue weighted by molar-refractivity contribution is 0.181. The third-order valence-electron chi connectivity index (χ3n) is 6.07. The minimum atomic E-state index is -0.107. The van der Waals surface area contributed by atoms with Crippen LogP contribution in [0.2, 0.25) is 0 Å². The summed E-state index contributed by atoms with van der Waals surface area (Å²) >= 11 is 0. The number of fused-ring (bicyclic) bond motifs is 1. The van der Waals surface area contributed by atoms with Gasteiger partial charge in [-0.25, -0.2) is 4.98 Å². The molecule has 0 amide bonds. The fraction of sp³-hybridized carbons (Fsp3) is 0.172. The summed E-state index contributed by atoms with van der Waals surface area (Å²) in [6, 6.07) is 26.1.